The number of rotatable bonds is 4. The van der Waals surface area contributed by atoms with E-state index in [4.69, 9.17) is 5.11 Å². The van der Waals surface area contributed by atoms with Gasteiger partial charge in [-0.25, -0.2) is 9.97 Å². The molecule has 0 bridgehead atoms. The van der Waals surface area contributed by atoms with E-state index in [-0.39, 0.29) is 5.91 Å². The zero-order valence-corrected chi connectivity index (χ0v) is 12.3. The Morgan fingerprint density at radius 2 is 1.95 bits per heavy atom. The van der Waals surface area contributed by atoms with Gasteiger partial charge in [0, 0.05) is 31.9 Å². The quantitative estimate of drug-likeness (QED) is 0.843. The number of carbonyl (C=O) groups excluding carboxylic acids is 1. The second-order valence-electron chi connectivity index (χ2n) is 5.94. The number of aliphatic carboxylic acids is 1. The second kappa shape index (κ2) is 6.25. The summed E-state index contributed by atoms with van der Waals surface area (Å²) in [5.74, 6) is -1.00. The smallest absolute Gasteiger partial charge is 0.311 e. The summed E-state index contributed by atoms with van der Waals surface area (Å²) in [6, 6.07) is 1.79. The lowest BCUT2D eigenvalue weighted by atomic mass is 9.80. The van der Waals surface area contributed by atoms with E-state index < -0.39 is 17.8 Å². The summed E-state index contributed by atoms with van der Waals surface area (Å²) in [4.78, 5) is 33.8. The first-order valence-corrected chi connectivity index (χ1v) is 7.61. The first-order valence-electron chi connectivity index (χ1n) is 7.61. The van der Waals surface area contributed by atoms with Gasteiger partial charge in [-0.05, 0) is 24.8 Å². The Morgan fingerprint density at radius 1 is 1.23 bits per heavy atom. The summed E-state index contributed by atoms with van der Waals surface area (Å²) >= 11 is 0. The summed E-state index contributed by atoms with van der Waals surface area (Å²) in [5, 5.41) is 9.06. The molecule has 1 N–H and O–H groups in total. The lowest BCUT2D eigenvalue weighted by Gasteiger charge is -2.36. The second-order valence-corrected chi connectivity index (χ2v) is 5.94. The van der Waals surface area contributed by atoms with Crippen LogP contribution in [-0.2, 0) is 16.0 Å². The Balaban J connectivity index is 1.60. The van der Waals surface area contributed by atoms with Crippen LogP contribution < -0.4 is 0 Å². The first-order chi connectivity index (χ1) is 10.6. The van der Waals surface area contributed by atoms with Gasteiger partial charge in [0.15, 0.2) is 0 Å². The Morgan fingerprint density at radius 3 is 2.59 bits per heavy atom. The fourth-order valence-electron chi connectivity index (χ4n) is 3.14. The molecule has 1 aliphatic heterocycles. The minimum absolute atomic E-state index is 0.0615. The van der Waals surface area contributed by atoms with Gasteiger partial charge >= 0.3 is 5.97 Å². The van der Waals surface area contributed by atoms with Gasteiger partial charge in [0.2, 0.25) is 5.91 Å². The number of carboxylic acid groups (broad SMARTS) is 1. The number of likely N-dealkylation sites (tertiary alicyclic amines) is 1. The van der Waals surface area contributed by atoms with Crippen LogP contribution in [0.25, 0.3) is 0 Å². The highest BCUT2D eigenvalue weighted by molar-refractivity contribution is 5.89. The van der Waals surface area contributed by atoms with Gasteiger partial charge < -0.3 is 10.0 Å². The SMILES string of the molecule is O=C(O)[C@@H]1C=C[C@@H]1C(=O)N1CCCC(Cc2ncccn2)C1. The molecule has 116 valence electrons. The van der Waals surface area contributed by atoms with Crippen molar-refractivity contribution in [1.29, 1.82) is 0 Å². The van der Waals surface area contributed by atoms with E-state index in [2.05, 4.69) is 9.97 Å². The van der Waals surface area contributed by atoms with Crippen LogP contribution in [-0.4, -0.2) is 44.9 Å². The summed E-state index contributed by atoms with van der Waals surface area (Å²) in [5.41, 5.74) is 0. The van der Waals surface area contributed by atoms with Crippen molar-refractivity contribution < 1.29 is 14.7 Å². The maximum atomic E-state index is 12.5. The first kappa shape index (κ1) is 14.7. The molecule has 3 rings (SSSR count). The van der Waals surface area contributed by atoms with E-state index in [1.165, 1.54) is 0 Å². The average molecular weight is 301 g/mol. The van der Waals surface area contributed by atoms with Crippen LogP contribution in [0.15, 0.2) is 30.6 Å². The number of hydrogen-bond donors (Lipinski definition) is 1. The summed E-state index contributed by atoms with van der Waals surface area (Å²) < 4.78 is 0. The highest BCUT2D eigenvalue weighted by atomic mass is 16.4. The van der Waals surface area contributed by atoms with Crippen molar-refractivity contribution in [2.45, 2.75) is 19.3 Å². The van der Waals surface area contributed by atoms with Crippen molar-refractivity contribution in [2.75, 3.05) is 13.1 Å². The molecule has 22 heavy (non-hydrogen) atoms. The molecule has 0 spiro atoms. The third-order valence-corrected chi connectivity index (χ3v) is 4.40. The number of amides is 1. The number of hydrogen-bond acceptors (Lipinski definition) is 4. The van der Waals surface area contributed by atoms with Crippen molar-refractivity contribution in [3.63, 3.8) is 0 Å². The van der Waals surface area contributed by atoms with Gasteiger partial charge in [-0.15, -0.1) is 0 Å². The predicted octanol–water partition coefficient (Wildman–Crippen LogP) is 1.14. The Labute approximate surface area is 128 Å². The van der Waals surface area contributed by atoms with Crippen LogP contribution in [0.4, 0.5) is 0 Å². The normalized spacial score (nSPS) is 27.3. The molecule has 1 unspecified atom stereocenters. The maximum Gasteiger partial charge on any atom is 0.311 e. The molecule has 1 aliphatic carbocycles. The number of aromatic nitrogens is 2. The molecule has 2 aliphatic rings. The monoisotopic (exact) mass is 301 g/mol. The molecular weight excluding hydrogens is 282 g/mol. The Hall–Kier alpha value is -2.24. The minimum Gasteiger partial charge on any atom is -0.481 e. The molecule has 3 atom stereocenters. The average Bonchev–Trinajstić information content (AvgIpc) is 2.47. The Kier molecular flexibility index (Phi) is 4.18. The van der Waals surface area contributed by atoms with Gasteiger partial charge in [-0.2, -0.15) is 0 Å². The largest absolute Gasteiger partial charge is 0.481 e. The topological polar surface area (TPSA) is 83.4 Å². The van der Waals surface area contributed by atoms with Crippen LogP contribution in [0.1, 0.15) is 18.7 Å². The van der Waals surface area contributed by atoms with Crippen molar-refractivity contribution in [3.05, 3.63) is 36.4 Å². The number of carboxylic acids is 1. The fraction of sp³-hybridized carbons (Fsp3) is 0.500. The molecule has 6 heteroatoms. The molecule has 1 fully saturated rings. The minimum atomic E-state index is -0.924. The number of piperidine rings is 1. The van der Waals surface area contributed by atoms with Crippen molar-refractivity contribution in [1.82, 2.24) is 14.9 Å². The summed E-state index contributed by atoms with van der Waals surface area (Å²) in [7, 11) is 0. The molecule has 0 radical (unpaired) electrons. The van der Waals surface area contributed by atoms with E-state index in [1.807, 2.05) is 0 Å². The molecule has 1 aromatic heterocycles. The standard InChI is InChI=1S/C16H19N3O3/c20-15(12-4-5-13(12)16(21)22)19-8-1-3-11(10-19)9-14-17-6-2-7-18-14/h2,4-7,11-13H,1,3,8-10H2,(H,21,22)/t11?,12-,13+/m0/s1. The van der Waals surface area contributed by atoms with E-state index in [0.29, 0.717) is 19.0 Å². The molecule has 1 saturated heterocycles. The maximum absolute atomic E-state index is 12.5. The highest BCUT2D eigenvalue weighted by Gasteiger charge is 2.39. The van der Waals surface area contributed by atoms with Crippen molar-refractivity contribution in [3.8, 4) is 0 Å². The molecule has 1 amide bonds. The van der Waals surface area contributed by atoms with Crippen molar-refractivity contribution >= 4 is 11.9 Å². The third kappa shape index (κ3) is 3.00. The predicted molar refractivity (Wildman–Crippen MR) is 78.8 cm³/mol. The molecule has 6 nitrogen and oxygen atoms in total. The van der Waals surface area contributed by atoms with E-state index in [9.17, 15) is 9.59 Å². The van der Waals surface area contributed by atoms with Crippen molar-refractivity contribution in [2.24, 2.45) is 17.8 Å². The molecular formula is C16H19N3O3. The molecule has 0 saturated carbocycles. The zero-order valence-electron chi connectivity index (χ0n) is 12.3. The number of carbonyl (C=O) groups is 2. The molecule has 1 aromatic rings. The van der Waals surface area contributed by atoms with Gasteiger partial charge in [-0.3, -0.25) is 9.59 Å². The van der Waals surface area contributed by atoms with E-state index >= 15 is 0 Å². The zero-order chi connectivity index (χ0) is 15.5. The van der Waals surface area contributed by atoms with Crippen LogP contribution >= 0.6 is 0 Å². The van der Waals surface area contributed by atoms with Gasteiger partial charge in [-0.1, -0.05) is 12.2 Å². The van der Waals surface area contributed by atoms with Crippen LogP contribution in [0.3, 0.4) is 0 Å². The summed E-state index contributed by atoms with van der Waals surface area (Å²) in [6.07, 6.45) is 9.49. The highest BCUT2D eigenvalue weighted by Crippen LogP contribution is 2.30. The van der Waals surface area contributed by atoms with Crippen LogP contribution in [0, 0.1) is 17.8 Å². The molecule has 2 heterocycles. The number of nitrogens with zero attached hydrogens (tertiary/aromatic N) is 3. The van der Waals surface area contributed by atoms with Crippen LogP contribution in [0.2, 0.25) is 0 Å². The lowest BCUT2D eigenvalue weighted by Crippen LogP contribution is -2.47. The van der Waals surface area contributed by atoms with Gasteiger partial charge in [0.25, 0.3) is 0 Å². The third-order valence-electron chi connectivity index (χ3n) is 4.40. The van der Waals surface area contributed by atoms with Gasteiger partial charge in [0.05, 0.1) is 11.8 Å². The molecule has 0 aromatic carbocycles. The van der Waals surface area contributed by atoms with Gasteiger partial charge in [0.1, 0.15) is 5.82 Å². The fourth-order valence-corrected chi connectivity index (χ4v) is 3.14. The lowest BCUT2D eigenvalue weighted by molar-refractivity contribution is -0.148. The van der Waals surface area contributed by atoms with E-state index in [1.54, 1.807) is 35.5 Å². The van der Waals surface area contributed by atoms with E-state index in [0.717, 1.165) is 25.1 Å². The Bertz CT molecular complexity index is 588. The summed E-state index contributed by atoms with van der Waals surface area (Å²) in [6.45, 7) is 1.37. The van der Waals surface area contributed by atoms with Crippen LogP contribution in [0.5, 0.6) is 0 Å².